The van der Waals surface area contributed by atoms with Crippen LogP contribution in [0.3, 0.4) is 0 Å². The average molecular weight is 257 g/mol. The molecule has 0 aliphatic heterocycles. The van der Waals surface area contributed by atoms with Gasteiger partial charge in [0.1, 0.15) is 12.6 Å². The zero-order valence-electron chi connectivity index (χ0n) is 10.6. The number of amides is 3. The highest BCUT2D eigenvalue weighted by atomic mass is 16.4. The molecule has 1 fully saturated rings. The molecule has 102 valence electrons. The smallest absolute Gasteiger partial charge is 0.326 e. The van der Waals surface area contributed by atoms with Crippen LogP contribution in [0.15, 0.2) is 0 Å². The number of rotatable bonds is 6. The van der Waals surface area contributed by atoms with E-state index in [0.717, 1.165) is 12.8 Å². The van der Waals surface area contributed by atoms with Gasteiger partial charge in [-0.15, -0.1) is 0 Å². The summed E-state index contributed by atoms with van der Waals surface area (Å²) in [4.78, 5) is 35.0. The summed E-state index contributed by atoms with van der Waals surface area (Å²) in [6.07, 6.45) is 2.26. The zero-order valence-corrected chi connectivity index (χ0v) is 10.6. The molecule has 0 spiro atoms. The Morgan fingerprint density at radius 3 is 2.44 bits per heavy atom. The third-order valence-corrected chi connectivity index (χ3v) is 2.67. The third-order valence-electron chi connectivity index (χ3n) is 2.67. The van der Waals surface area contributed by atoms with Crippen molar-refractivity contribution in [1.29, 1.82) is 0 Å². The fraction of sp³-hybridized carbons (Fsp3) is 0.727. The monoisotopic (exact) mass is 257 g/mol. The number of carboxylic acid groups (broad SMARTS) is 1. The average Bonchev–Trinajstić information content (AvgIpc) is 3.08. The van der Waals surface area contributed by atoms with Gasteiger partial charge in [0.25, 0.3) is 0 Å². The van der Waals surface area contributed by atoms with Crippen LogP contribution in [-0.4, -0.2) is 53.6 Å². The van der Waals surface area contributed by atoms with E-state index in [1.165, 1.54) is 11.9 Å². The van der Waals surface area contributed by atoms with Gasteiger partial charge in [-0.2, -0.15) is 0 Å². The molecule has 0 aromatic heterocycles. The van der Waals surface area contributed by atoms with Crippen LogP contribution in [-0.2, 0) is 9.59 Å². The maximum atomic E-state index is 11.6. The van der Waals surface area contributed by atoms with Gasteiger partial charge in [-0.3, -0.25) is 4.79 Å². The van der Waals surface area contributed by atoms with Crippen molar-refractivity contribution in [3.8, 4) is 0 Å². The molecule has 0 saturated heterocycles. The number of aliphatic carboxylic acids is 1. The predicted molar refractivity (Wildman–Crippen MR) is 64.0 cm³/mol. The van der Waals surface area contributed by atoms with Crippen LogP contribution >= 0.6 is 0 Å². The van der Waals surface area contributed by atoms with E-state index in [-0.39, 0.29) is 18.5 Å². The first kappa shape index (κ1) is 14.3. The molecule has 0 bridgehead atoms. The minimum atomic E-state index is -1.08. The second-order valence-corrected chi connectivity index (χ2v) is 4.45. The number of nitrogens with one attached hydrogen (secondary N) is 2. The number of likely N-dealkylation sites (N-methyl/N-ethyl adjacent to an activating group) is 1. The number of hydrogen-bond donors (Lipinski definition) is 3. The number of carbonyl (C=O) groups excluding carboxylic acids is 2. The van der Waals surface area contributed by atoms with Crippen molar-refractivity contribution in [3.63, 3.8) is 0 Å². The van der Waals surface area contributed by atoms with E-state index in [2.05, 4.69) is 10.6 Å². The van der Waals surface area contributed by atoms with Crippen molar-refractivity contribution < 1.29 is 19.5 Å². The number of carboxylic acids is 1. The van der Waals surface area contributed by atoms with Gasteiger partial charge in [-0.1, -0.05) is 6.92 Å². The summed E-state index contributed by atoms with van der Waals surface area (Å²) in [5, 5.41) is 13.9. The van der Waals surface area contributed by atoms with E-state index in [9.17, 15) is 14.4 Å². The van der Waals surface area contributed by atoms with Gasteiger partial charge >= 0.3 is 12.0 Å². The topological polar surface area (TPSA) is 98.7 Å². The SMILES string of the molecule is CC[C@H](NC(=O)N(C)CC(=O)NC1CC1)C(=O)O. The summed E-state index contributed by atoms with van der Waals surface area (Å²) in [6.45, 7) is 1.59. The van der Waals surface area contributed by atoms with E-state index in [0.29, 0.717) is 6.42 Å². The van der Waals surface area contributed by atoms with Crippen LogP contribution < -0.4 is 10.6 Å². The Labute approximate surface area is 106 Å². The molecule has 3 N–H and O–H groups in total. The number of nitrogens with zero attached hydrogens (tertiary/aromatic N) is 1. The Hall–Kier alpha value is -1.79. The zero-order chi connectivity index (χ0) is 13.7. The number of hydrogen-bond acceptors (Lipinski definition) is 3. The summed E-state index contributed by atoms with van der Waals surface area (Å²) in [6, 6.07) is -1.24. The van der Waals surface area contributed by atoms with Crippen molar-refractivity contribution in [2.75, 3.05) is 13.6 Å². The molecule has 1 rings (SSSR count). The molecule has 1 atom stereocenters. The van der Waals surface area contributed by atoms with Crippen LogP contribution in [0.1, 0.15) is 26.2 Å². The summed E-state index contributed by atoms with van der Waals surface area (Å²) in [5.41, 5.74) is 0. The lowest BCUT2D eigenvalue weighted by atomic mass is 10.2. The summed E-state index contributed by atoms with van der Waals surface area (Å²) in [5.74, 6) is -1.31. The lowest BCUT2D eigenvalue weighted by Gasteiger charge is -2.20. The Balaban J connectivity index is 2.34. The lowest BCUT2D eigenvalue weighted by molar-refractivity contribution is -0.139. The standard InChI is InChI=1S/C11H19N3O4/c1-3-8(10(16)17)13-11(18)14(2)6-9(15)12-7-4-5-7/h7-8H,3-6H2,1-2H3,(H,12,15)(H,13,18)(H,16,17)/t8-/m0/s1. The Kier molecular flexibility index (Phi) is 4.94. The maximum absolute atomic E-state index is 11.6. The van der Waals surface area contributed by atoms with E-state index >= 15 is 0 Å². The molecule has 0 aromatic carbocycles. The minimum Gasteiger partial charge on any atom is -0.480 e. The van der Waals surface area contributed by atoms with Crippen LogP contribution in [0, 0.1) is 0 Å². The second kappa shape index (κ2) is 6.23. The fourth-order valence-corrected chi connectivity index (χ4v) is 1.39. The van der Waals surface area contributed by atoms with Crippen molar-refractivity contribution in [3.05, 3.63) is 0 Å². The van der Waals surface area contributed by atoms with Crippen LogP contribution in [0.5, 0.6) is 0 Å². The second-order valence-electron chi connectivity index (χ2n) is 4.45. The van der Waals surface area contributed by atoms with Crippen LogP contribution in [0.2, 0.25) is 0 Å². The molecule has 0 radical (unpaired) electrons. The highest BCUT2D eigenvalue weighted by Crippen LogP contribution is 2.18. The molecule has 0 unspecified atom stereocenters. The van der Waals surface area contributed by atoms with Crippen molar-refractivity contribution >= 4 is 17.9 Å². The van der Waals surface area contributed by atoms with Gasteiger partial charge in [0.2, 0.25) is 5.91 Å². The van der Waals surface area contributed by atoms with E-state index < -0.39 is 18.0 Å². The van der Waals surface area contributed by atoms with E-state index in [4.69, 9.17) is 5.11 Å². The van der Waals surface area contributed by atoms with Gasteiger partial charge in [-0.25, -0.2) is 9.59 Å². The van der Waals surface area contributed by atoms with Crippen LogP contribution in [0.25, 0.3) is 0 Å². The molecule has 18 heavy (non-hydrogen) atoms. The minimum absolute atomic E-state index is 0.0710. The van der Waals surface area contributed by atoms with Crippen molar-refractivity contribution in [1.82, 2.24) is 15.5 Å². The van der Waals surface area contributed by atoms with Gasteiger partial charge < -0.3 is 20.6 Å². The van der Waals surface area contributed by atoms with Crippen LogP contribution in [0.4, 0.5) is 4.79 Å². The van der Waals surface area contributed by atoms with E-state index in [1.54, 1.807) is 6.92 Å². The number of urea groups is 1. The lowest BCUT2D eigenvalue weighted by Crippen LogP contribution is -2.49. The quantitative estimate of drug-likeness (QED) is 0.612. The van der Waals surface area contributed by atoms with Gasteiger partial charge in [0.05, 0.1) is 0 Å². The Bertz CT molecular complexity index is 341. The molecule has 7 heteroatoms. The molecule has 7 nitrogen and oxygen atoms in total. The highest BCUT2D eigenvalue weighted by molar-refractivity contribution is 5.86. The summed E-state index contributed by atoms with van der Waals surface area (Å²) in [7, 11) is 1.45. The fourth-order valence-electron chi connectivity index (χ4n) is 1.39. The normalized spacial score (nSPS) is 15.7. The predicted octanol–water partition coefficient (Wildman–Crippen LogP) is -0.230. The van der Waals surface area contributed by atoms with Gasteiger partial charge in [0.15, 0.2) is 0 Å². The maximum Gasteiger partial charge on any atom is 0.326 e. The first-order chi connectivity index (χ1) is 8.43. The first-order valence-electron chi connectivity index (χ1n) is 5.97. The number of carbonyl (C=O) groups is 3. The molecular weight excluding hydrogens is 238 g/mol. The van der Waals surface area contributed by atoms with Crippen molar-refractivity contribution in [2.24, 2.45) is 0 Å². The molecule has 1 saturated carbocycles. The molecule has 0 aromatic rings. The van der Waals surface area contributed by atoms with Crippen molar-refractivity contribution in [2.45, 2.75) is 38.3 Å². The first-order valence-corrected chi connectivity index (χ1v) is 5.97. The molecule has 1 aliphatic rings. The third kappa shape index (κ3) is 4.60. The summed E-state index contributed by atoms with van der Waals surface area (Å²) < 4.78 is 0. The highest BCUT2D eigenvalue weighted by Gasteiger charge is 2.25. The van der Waals surface area contributed by atoms with Gasteiger partial charge in [0, 0.05) is 13.1 Å². The Morgan fingerprint density at radius 1 is 1.39 bits per heavy atom. The molecule has 0 heterocycles. The summed E-state index contributed by atoms with van der Waals surface area (Å²) >= 11 is 0. The molecule has 1 aliphatic carbocycles. The Morgan fingerprint density at radius 2 is 2.00 bits per heavy atom. The van der Waals surface area contributed by atoms with E-state index in [1.807, 2.05) is 0 Å². The molecular formula is C11H19N3O4. The molecule has 3 amide bonds. The van der Waals surface area contributed by atoms with Gasteiger partial charge in [-0.05, 0) is 19.3 Å². The largest absolute Gasteiger partial charge is 0.480 e.